The van der Waals surface area contributed by atoms with Crippen LogP contribution in [0.2, 0.25) is 0 Å². The van der Waals surface area contributed by atoms with Crippen molar-refractivity contribution < 1.29 is 10.0 Å². The smallest absolute Gasteiger partial charge is 0.287 e. The minimum absolute atomic E-state index is 0.0107. The highest BCUT2D eigenvalue weighted by Crippen LogP contribution is 2.24. The van der Waals surface area contributed by atoms with E-state index >= 15 is 0 Å². The van der Waals surface area contributed by atoms with Crippen LogP contribution in [0.4, 0.5) is 11.5 Å². The summed E-state index contributed by atoms with van der Waals surface area (Å²) in [4.78, 5) is 16.0. The monoisotopic (exact) mass is 223 g/mol. The second-order valence-electron chi connectivity index (χ2n) is 3.80. The first-order chi connectivity index (χ1) is 7.72. The standard InChI is InChI=1S/C10H13N3O3/c14-7-9-2-1-5-12(9)10-4-3-8(6-11-10)13(15)16/h3-4,6,9,14H,1-2,5,7H2/t9-/m0/s1. The Morgan fingerprint density at radius 3 is 3.00 bits per heavy atom. The van der Waals surface area contributed by atoms with Gasteiger partial charge in [0.05, 0.1) is 17.6 Å². The predicted octanol–water partition coefficient (Wildman–Crippen LogP) is 0.951. The van der Waals surface area contributed by atoms with Gasteiger partial charge in [0.1, 0.15) is 12.0 Å². The zero-order chi connectivity index (χ0) is 11.5. The van der Waals surface area contributed by atoms with Crippen molar-refractivity contribution in [2.45, 2.75) is 18.9 Å². The second kappa shape index (κ2) is 4.44. The molecular formula is C10H13N3O3. The van der Waals surface area contributed by atoms with E-state index in [4.69, 9.17) is 5.11 Å². The van der Waals surface area contributed by atoms with Gasteiger partial charge in [0.25, 0.3) is 5.69 Å². The van der Waals surface area contributed by atoms with Gasteiger partial charge in [0, 0.05) is 12.6 Å². The molecule has 1 aliphatic rings. The minimum Gasteiger partial charge on any atom is -0.394 e. The molecule has 0 radical (unpaired) electrons. The van der Waals surface area contributed by atoms with Crippen molar-refractivity contribution in [1.82, 2.24) is 4.98 Å². The average Bonchev–Trinajstić information content (AvgIpc) is 2.77. The van der Waals surface area contributed by atoms with Crippen LogP contribution in [-0.2, 0) is 0 Å². The SMILES string of the molecule is O=[N+]([O-])c1ccc(N2CCC[C@H]2CO)nc1. The van der Waals surface area contributed by atoms with Gasteiger partial charge in [-0.15, -0.1) is 0 Å². The molecule has 0 saturated carbocycles. The van der Waals surface area contributed by atoms with Gasteiger partial charge in [0.2, 0.25) is 0 Å². The van der Waals surface area contributed by atoms with Crippen LogP contribution in [0.3, 0.4) is 0 Å². The number of aromatic nitrogens is 1. The van der Waals surface area contributed by atoms with Crippen molar-refractivity contribution >= 4 is 11.5 Å². The van der Waals surface area contributed by atoms with Gasteiger partial charge in [-0.1, -0.05) is 0 Å². The maximum Gasteiger partial charge on any atom is 0.287 e. The lowest BCUT2D eigenvalue weighted by atomic mass is 10.2. The van der Waals surface area contributed by atoms with E-state index < -0.39 is 4.92 Å². The largest absolute Gasteiger partial charge is 0.394 e. The molecule has 0 aliphatic carbocycles. The highest BCUT2D eigenvalue weighted by molar-refractivity contribution is 5.44. The second-order valence-corrected chi connectivity index (χ2v) is 3.80. The molecule has 16 heavy (non-hydrogen) atoms. The van der Waals surface area contributed by atoms with Gasteiger partial charge in [-0.25, -0.2) is 4.98 Å². The molecule has 2 heterocycles. The summed E-state index contributed by atoms with van der Waals surface area (Å²) < 4.78 is 0. The average molecular weight is 223 g/mol. The molecule has 1 aromatic rings. The first kappa shape index (κ1) is 10.8. The lowest BCUT2D eigenvalue weighted by molar-refractivity contribution is -0.385. The van der Waals surface area contributed by atoms with Gasteiger partial charge in [-0.2, -0.15) is 0 Å². The number of hydrogen-bond donors (Lipinski definition) is 1. The number of pyridine rings is 1. The fourth-order valence-electron chi connectivity index (χ4n) is 1.98. The van der Waals surface area contributed by atoms with Crippen molar-refractivity contribution in [3.63, 3.8) is 0 Å². The van der Waals surface area contributed by atoms with Gasteiger partial charge in [0.15, 0.2) is 0 Å². The third-order valence-electron chi connectivity index (χ3n) is 2.83. The Balaban J connectivity index is 2.18. The molecule has 6 nitrogen and oxygen atoms in total. The normalized spacial score (nSPS) is 20.1. The van der Waals surface area contributed by atoms with Crippen molar-refractivity contribution in [2.24, 2.45) is 0 Å². The minimum atomic E-state index is -0.468. The molecule has 2 rings (SSSR count). The number of aliphatic hydroxyl groups excluding tert-OH is 1. The fraction of sp³-hybridized carbons (Fsp3) is 0.500. The first-order valence-corrected chi connectivity index (χ1v) is 5.20. The summed E-state index contributed by atoms with van der Waals surface area (Å²) in [6.45, 7) is 0.939. The van der Waals surface area contributed by atoms with E-state index in [0.717, 1.165) is 19.4 Å². The Morgan fingerprint density at radius 2 is 2.44 bits per heavy atom. The molecule has 1 aromatic heterocycles. The Labute approximate surface area is 92.7 Å². The molecule has 6 heteroatoms. The zero-order valence-corrected chi connectivity index (χ0v) is 8.74. The van der Waals surface area contributed by atoms with Crippen LogP contribution in [0, 0.1) is 10.1 Å². The summed E-state index contributed by atoms with van der Waals surface area (Å²) in [5, 5.41) is 19.6. The van der Waals surface area contributed by atoms with E-state index in [1.807, 2.05) is 4.90 Å². The highest BCUT2D eigenvalue weighted by atomic mass is 16.6. The van der Waals surface area contributed by atoms with Crippen LogP contribution in [0.1, 0.15) is 12.8 Å². The summed E-state index contributed by atoms with van der Waals surface area (Å²) in [5.74, 6) is 0.696. The Hall–Kier alpha value is -1.69. The lowest BCUT2D eigenvalue weighted by Gasteiger charge is -2.23. The summed E-state index contributed by atoms with van der Waals surface area (Å²) in [7, 11) is 0. The van der Waals surface area contributed by atoms with Crippen LogP contribution in [-0.4, -0.2) is 34.2 Å². The van der Waals surface area contributed by atoms with Crippen LogP contribution in [0.25, 0.3) is 0 Å². The molecule has 0 amide bonds. The maximum atomic E-state index is 10.5. The molecule has 1 aliphatic heterocycles. The third-order valence-corrected chi connectivity index (χ3v) is 2.83. The molecule has 0 bridgehead atoms. The molecule has 1 fully saturated rings. The fourth-order valence-corrected chi connectivity index (χ4v) is 1.98. The van der Waals surface area contributed by atoms with Crippen LogP contribution in [0.5, 0.6) is 0 Å². The van der Waals surface area contributed by atoms with E-state index in [1.165, 1.54) is 12.3 Å². The van der Waals surface area contributed by atoms with E-state index in [9.17, 15) is 10.1 Å². The van der Waals surface area contributed by atoms with E-state index in [0.29, 0.717) is 5.82 Å². The van der Waals surface area contributed by atoms with Crippen LogP contribution >= 0.6 is 0 Å². The van der Waals surface area contributed by atoms with Crippen LogP contribution < -0.4 is 4.90 Å². The third kappa shape index (κ3) is 1.96. The molecule has 0 unspecified atom stereocenters. The van der Waals surface area contributed by atoms with Crippen molar-refractivity contribution in [1.29, 1.82) is 0 Å². The van der Waals surface area contributed by atoms with Gasteiger partial charge < -0.3 is 10.0 Å². The van der Waals surface area contributed by atoms with E-state index in [1.54, 1.807) is 6.07 Å². The lowest BCUT2D eigenvalue weighted by Crippen LogP contribution is -2.32. The molecule has 0 spiro atoms. The summed E-state index contributed by atoms with van der Waals surface area (Å²) >= 11 is 0. The summed E-state index contributed by atoms with van der Waals surface area (Å²) in [6.07, 6.45) is 3.21. The molecule has 1 N–H and O–H groups in total. The molecular weight excluding hydrogens is 210 g/mol. The van der Waals surface area contributed by atoms with Crippen molar-refractivity contribution in [3.05, 3.63) is 28.4 Å². The Kier molecular flexibility index (Phi) is 3.00. The number of nitrogens with zero attached hydrogens (tertiary/aromatic N) is 3. The quantitative estimate of drug-likeness (QED) is 0.609. The van der Waals surface area contributed by atoms with Crippen molar-refractivity contribution in [2.75, 3.05) is 18.1 Å². The Bertz CT molecular complexity index is 379. The highest BCUT2D eigenvalue weighted by Gasteiger charge is 2.25. The summed E-state index contributed by atoms with van der Waals surface area (Å²) in [6, 6.07) is 3.16. The zero-order valence-electron chi connectivity index (χ0n) is 8.74. The van der Waals surface area contributed by atoms with Crippen LogP contribution in [0.15, 0.2) is 18.3 Å². The molecule has 0 aromatic carbocycles. The molecule has 1 atom stereocenters. The number of anilines is 1. The number of rotatable bonds is 3. The summed E-state index contributed by atoms with van der Waals surface area (Å²) in [5.41, 5.74) is -0.0107. The van der Waals surface area contributed by atoms with Crippen molar-refractivity contribution in [3.8, 4) is 0 Å². The predicted molar refractivity (Wildman–Crippen MR) is 58.3 cm³/mol. The first-order valence-electron chi connectivity index (χ1n) is 5.20. The topological polar surface area (TPSA) is 79.5 Å². The molecule has 86 valence electrons. The van der Waals surface area contributed by atoms with E-state index in [2.05, 4.69) is 4.98 Å². The Morgan fingerprint density at radius 1 is 1.62 bits per heavy atom. The maximum absolute atomic E-state index is 10.5. The number of nitro groups is 1. The number of aliphatic hydroxyl groups is 1. The number of hydrogen-bond acceptors (Lipinski definition) is 5. The van der Waals surface area contributed by atoms with Gasteiger partial charge in [-0.3, -0.25) is 10.1 Å². The van der Waals surface area contributed by atoms with E-state index in [-0.39, 0.29) is 18.3 Å². The molecule has 1 saturated heterocycles. The van der Waals surface area contributed by atoms with Gasteiger partial charge in [-0.05, 0) is 18.9 Å². The van der Waals surface area contributed by atoms with Gasteiger partial charge >= 0.3 is 0 Å².